The number of cyclic esters (lactones) is 1. The van der Waals surface area contributed by atoms with Crippen LogP contribution in [0.4, 0.5) is 16.2 Å². The van der Waals surface area contributed by atoms with Crippen LogP contribution in [-0.4, -0.2) is 19.2 Å². The quantitative estimate of drug-likeness (QED) is 0.724. The van der Waals surface area contributed by atoms with Crippen molar-refractivity contribution >= 4 is 29.1 Å². The van der Waals surface area contributed by atoms with Crippen LogP contribution in [0.2, 0.25) is 5.02 Å². The third-order valence-electron chi connectivity index (χ3n) is 2.04. The van der Waals surface area contributed by atoms with E-state index in [9.17, 15) is 4.79 Å². The third-order valence-corrected chi connectivity index (χ3v) is 2.28. The number of carbonyl (C=O) groups is 1. The highest BCUT2D eigenvalue weighted by molar-refractivity contribution is 6.31. The van der Waals surface area contributed by atoms with Gasteiger partial charge in [-0.05, 0) is 18.2 Å². The first-order valence-electron chi connectivity index (χ1n) is 4.18. The molecule has 1 aliphatic rings. The smallest absolute Gasteiger partial charge is 0.414 e. The SMILES string of the molecule is Nc1ccc(Cl)cc1N1CCOC1=O. The average molecular weight is 213 g/mol. The van der Waals surface area contributed by atoms with Gasteiger partial charge in [0.1, 0.15) is 6.61 Å². The molecule has 1 aliphatic heterocycles. The fraction of sp³-hybridized carbons (Fsp3) is 0.222. The minimum atomic E-state index is -0.376. The zero-order valence-corrected chi connectivity index (χ0v) is 8.12. The van der Waals surface area contributed by atoms with Crippen molar-refractivity contribution in [2.75, 3.05) is 23.8 Å². The van der Waals surface area contributed by atoms with Gasteiger partial charge in [0, 0.05) is 5.02 Å². The van der Waals surface area contributed by atoms with E-state index in [4.69, 9.17) is 22.1 Å². The highest BCUT2D eigenvalue weighted by atomic mass is 35.5. The minimum absolute atomic E-state index is 0.376. The van der Waals surface area contributed by atoms with Crippen LogP contribution in [-0.2, 0) is 4.74 Å². The van der Waals surface area contributed by atoms with Gasteiger partial charge in [-0.2, -0.15) is 0 Å². The molecule has 0 spiro atoms. The van der Waals surface area contributed by atoms with E-state index in [1.54, 1.807) is 18.2 Å². The Kier molecular flexibility index (Phi) is 2.21. The molecule has 14 heavy (non-hydrogen) atoms. The lowest BCUT2D eigenvalue weighted by molar-refractivity contribution is 0.181. The van der Waals surface area contributed by atoms with Gasteiger partial charge in [-0.15, -0.1) is 0 Å². The summed E-state index contributed by atoms with van der Waals surface area (Å²) in [5.41, 5.74) is 6.86. The maximum absolute atomic E-state index is 11.2. The predicted molar refractivity (Wildman–Crippen MR) is 54.6 cm³/mol. The first-order valence-corrected chi connectivity index (χ1v) is 4.55. The molecule has 4 nitrogen and oxygen atoms in total. The highest BCUT2D eigenvalue weighted by Gasteiger charge is 2.25. The highest BCUT2D eigenvalue weighted by Crippen LogP contribution is 2.28. The van der Waals surface area contributed by atoms with E-state index in [0.717, 1.165) is 0 Å². The first-order chi connectivity index (χ1) is 6.68. The number of benzene rings is 1. The fourth-order valence-corrected chi connectivity index (χ4v) is 1.53. The van der Waals surface area contributed by atoms with Crippen molar-refractivity contribution in [1.29, 1.82) is 0 Å². The summed E-state index contributed by atoms with van der Waals surface area (Å²) >= 11 is 5.81. The summed E-state index contributed by atoms with van der Waals surface area (Å²) < 4.78 is 4.80. The summed E-state index contributed by atoms with van der Waals surface area (Å²) in [4.78, 5) is 12.7. The van der Waals surface area contributed by atoms with Crippen LogP contribution in [0, 0.1) is 0 Å². The van der Waals surface area contributed by atoms with Crippen LogP contribution < -0.4 is 10.6 Å². The molecule has 0 atom stereocenters. The molecule has 1 saturated heterocycles. The Morgan fingerprint density at radius 3 is 2.93 bits per heavy atom. The molecule has 0 aliphatic carbocycles. The van der Waals surface area contributed by atoms with Gasteiger partial charge in [-0.25, -0.2) is 4.79 Å². The summed E-state index contributed by atoms with van der Waals surface area (Å²) in [6, 6.07) is 5.01. The second kappa shape index (κ2) is 3.38. The van der Waals surface area contributed by atoms with E-state index in [-0.39, 0.29) is 6.09 Å². The number of carbonyl (C=O) groups excluding carboxylic acids is 1. The van der Waals surface area contributed by atoms with Crippen molar-refractivity contribution < 1.29 is 9.53 Å². The van der Waals surface area contributed by atoms with Gasteiger partial charge in [0.25, 0.3) is 0 Å². The number of nitrogens with two attached hydrogens (primary N) is 1. The van der Waals surface area contributed by atoms with Crippen molar-refractivity contribution in [1.82, 2.24) is 0 Å². The van der Waals surface area contributed by atoms with Crippen molar-refractivity contribution in [2.45, 2.75) is 0 Å². The summed E-state index contributed by atoms with van der Waals surface area (Å²) in [5, 5.41) is 0.550. The minimum Gasteiger partial charge on any atom is -0.447 e. The Morgan fingerprint density at radius 1 is 1.50 bits per heavy atom. The van der Waals surface area contributed by atoms with E-state index in [0.29, 0.717) is 29.5 Å². The predicted octanol–water partition coefficient (Wildman–Crippen LogP) is 1.88. The molecule has 0 bridgehead atoms. The molecule has 0 aromatic heterocycles. The molecule has 1 amide bonds. The third kappa shape index (κ3) is 1.48. The number of nitrogens with zero attached hydrogens (tertiary/aromatic N) is 1. The molecule has 0 saturated carbocycles. The Bertz CT molecular complexity index is 381. The van der Waals surface area contributed by atoms with E-state index in [1.165, 1.54) is 4.90 Å². The summed E-state index contributed by atoms with van der Waals surface area (Å²) in [7, 11) is 0. The maximum atomic E-state index is 11.2. The van der Waals surface area contributed by atoms with Gasteiger partial charge in [0.05, 0.1) is 17.9 Å². The summed E-state index contributed by atoms with van der Waals surface area (Å²) in [6.45, 7) is 0.911. The van der Waals surface area contributed by atoms with Gasteiger partial charge in [-0.3, -0.25) is 4.90 Å². The van der Waals surface area contributed by atoms with Crippen molar-refractivity contribution in [2.24, 2.45) is 0 Å². The van der Waals surface area contributed by atoms with E-state index < -0.39 is 0 Å². The largest absolute Gasteiger partial charge is 0.447 e. The van der Waals surface area contributed by atoms with Crippen molar-refractivity contribution in [3.63, 3.8) is 0 Å². The maximum Gasteiger partial charge on any atom is 0.414 e. The Morgan fingerprint density at radius 2 is 2.29 bits per heavy atom. The van der Waals surface area contributed by atoms with Gasteiger partial charge < -0.3 is 10.5 Å². The van der Waals surface area contributed by atoms with Gasteiger partial charge in [0.15, 0.2) is 0 Å². The zero-order chi connectivity index (χ0) is 10.1. The summed E-state index contributed by atoms with van der Waals surface area (Å²) in [6.07, 6.45) is -0.376. The average Bonchev–Trinajstić information content (AvgIpc) is 2.56. The number of hydrogen-bond donors (Lipinski definition) is 1. The molecule has 1 aromatic rings. The van der Waals surface area contributed by atoms with Gasteiger partial charge in [0.2, 0.25) is 0 Å². The van der Waals surface area contributed by atoms with Gasteiger partial charge in [-0.1, -0.05) is 11.6 Å². The Balaban J connectivity index is 2.39. The molecule has 2 rings (SSSR count). The van der Waals surface area contributed by atoms with Crippen LogP contribution in [0.3, 0.4) is 0 Å². The Hall–Kier alpha value is -1.42. The molecular weight excluding hydrogens is 204 g/mol. The lowest BCUT2D eigenvalue weighted by Gasteiger charge is -2.15. The van der Waals surface area contributed by atoms with Crippen molar-refractivity contribution in [3.8, 4) is 0 Å². The normalized spacial score (nSPS) is 15.8. The molecule has 1 aromatic carbocycles. The van der Waals surface area contributed by atoms with Crippen LogP contribution in [0.25, 0.3) is 0 Å². The fourth-order valence-electron chi connectivity index (χ4n) is 1.36. The molecule has 0 unspecified atom stereocenters. The second-order valence-corrected chi connectivity index (χ2v) is 3.41. The Labute approximate surface area is 86.2 Å². The molecule has 74 valence electrons. The van der Waals surface area contributed by atoms with E-state index in [1.807, 2.05) is 0 Å². The molecule has 2 N–H and O–H groups in total. The molecular formula is C9H9ClN2O2. The number of halogens is 1. The lowest BCUT2D eigenvalue weighted by atomic mass is 10.2. The molecule has 1 fully saturated rings. The van der Waals surface area contributed by atoms with Crippen molar-refractivity contribution in [3.05, 3.63) is 23.2 Å². The first kappa shape index (κ1) is 9.15. The van der Waals surface area contributed by atoms with E-state index >= 15 is 0 Å². The lowest BCUT2D eigenvalue weighted by Crippen LogP contribution is -2.24. The molecule has 5 heteroatoms. The van der Waals surface area contributed by atoms with Crippen LogP contribution >= 0.6 is 11.6 Å². The zero-order valence-electron chi connectivity index (χ0n) is 7.37. The molecule has 0 radical (unpaired) electrons. The topological polar surface area (TPSA) is 55.6 Å². The number of anilines is 2. The number of ether oxygens (including phenoxy) is 1. The second-order valence-electron chi connectivity index (χ2n) is 2.97. The number of nitrogen functional groups attached to an aromatic ring is 1. The van der Waals surface area contributed by atoms with E-state index in [2.05, 4.69) is 0 Å². The van der Waals surface area contributed by atoms with Gasteiger partial charge >= 0.3 is 6.09 Å². The van der Waals surface area contributed by atoms with Crippen LogP contribution in [0.15, 0.2) is 18.2 Å². The standard InChI is InChI=1S/C9H9ClN2O2/c10-6-1-2-7(11)8(5-6)12-3-4-14-9(12)13/h1-2,5H,3-4,11H2. The van der Waals surface area contributed by atoms with Crippen LogP contribution in [0.1, 0.15) is 0 Å². The number of amides is 1. The number of rotatable bonds is 1. The van der Waals surface area contributed by atoms with Crippen LogP contribution in [0.5, 0.6) is 0 Å². The summed E-state index contributed by atoms with van der Waals surface area (Å²) in [5.74, 6) is 0. The number of hydrogen-bond acceptors (Lipinski definition) is 3. The monoisotopic (exact) mass is 212 g/mol. The molecule has 1 heterocycles.